The molecule has 1 heterocycles. The van der Waals surface area contributed by atoms with Gasteiger partial charge in [0, 0.05) is 38.0 Å². The van der Waals surface area contributed by atoms with Crippen molar-refractivity contribution in [3.8, 4) is 0 Å². The second kappa shape index (κ2) is 12.0. The molecular weight excluding hydrogens is 336 g/mol. The van der Waals surface area contributed by atoms with Crippen LogP contribution in [0.3, 0.4) is 0 Å². The van der Waals surface area contributed by atoms with E-state index in [2.05, 4.69) is 12.2 Å². The van der Waals surface area contributed by atoms with Crippen molar-refractivity contribution >= 4 is 24.1 Å². The van der Waals surface area contributed by atoms with Crippen LogP contribution in [0.25, 0.3) is 0 Å². The fourth-order valence-electron chi connectivity index (χ4n) is 3.05. The third-order valence-corrected chi connectivity index (χ3v) is 4.60. The van der Waals surface area contributed by atoms with Crippen LogP contribution in [0, 0.1) is 0 Å². The lowest BCUT2D eigenvalue weighted by Gasteiger charge is -2.19. The number of ketones is 1. The van der Waals surface area contributed by atoms with Gasteiger partial charge in [0.15, 0.2) is 5.78 Å². The first kappa shape index (κ1) is 21.7. The van der Waals surface area contributed by atoms with Crippen molar-refractivity contribution in [2.24, 2.45) is 0 Å². The van der Waals surface area contributed by atoms with Gasteiger partial charge in [-0.25, -0.2) is 0 Å². The number of aryl methyl sites for hydroxylation is 1. The van der Waals surface area contributed by atoms with Crippen molar-refractivity contribution in [3.63, 3.8) is 0 Å². The second-order valence-electron chi connectivity index (χ2n) is 6.56. The maximum absolute atomic E-state index is 12.3. The predicted octanol–water partition coefficient (Wildman–Crippen LogP) is 3.63. The number of hydrogen-bond acceptors (Lipinski definition) is 3. The van der Waals surface area contributed by atoms with Gasteiger partial charge in [0.2, 0.25) is 5.91 Å². The summed E-state index contributed by atoms with van der Waals surface area (Å²) in [6, 6.07) is 7.91. The molecule has 1 aliphatic rings. The Morgan fingerprint density at radius 2 is 1.80 bits per heavy atom. The van der Waals surface area contributed by atoms with E-state index in [0.29, 0.717) is 12.8 Å². The molecule has 2 rings (SSSR count). The monoisotopic (exact) mass is 366 g/mol. The SMILES string of the molecule is CCCCCc1ccc(C(=O)CCC(=O)N2CCCNCC2)cc1.Cl. The number of nitrogens with zero attached hydrogens (tertiary/aromatic N) is 1. The average Bonchev–Trinajstić information content (AvgIpc) is 2.89. The number of nitrogens with one attached hydrogen (secondary N) is 1. The molecule has 1 aromatic carbocycles. The molecule has 1 N–H and O–H groups in total. The summed E-state index contributed by atoms with van der Waals surface area (Å²) in [6.45, 7) is 5.56. The first-order valence-electron chi connectivity index (χ1n) is 9.31. The maximum atomic E-state index is 12.3. The molecule has 0 atom stereocenters. The van der Waals surface area contributed by atoms with Gasteiger partial charge in [0.05, 0.1) is 0 Å². The normalized spacial score (nSPS) is 14.5. The highest BCUT2D eigenvalue weighted by Gasteiger charge is 2.16. The molecule has 5 heteroatoms. The lowest BCUT2D eigenvalue weighted by molar-refractivity contribution is -0.130. The highest BCUT2D eigenvalue weighted by Crippen LogP contribution is 2.12. The summed E-state index contributed by atoms with van der Waals surface area (Å²) in [5.41, 5.74) is 2.01. The molecule has 4 nitrogen and oxygen atoms in total. The predicted molar refractivity (Wildman–Crippen MR) is 105 cm³/mol. The molecule has 0 aromatic heterocycles. The van der Waals surface area contributed by atoms with Gasteiger partial charge in [-0.1, -0.05) is 44.0 Å². The number of rotatable bonds is 8. The zero-order chi connectivity index (χ0) is 17.2. The van der Waals surface area contributed by atoms with Crippen molar-refractivity contribution in [3.05, 3.63) is 35.4 Å². The van der Waals surface area contributed by atoms with Crippen LogP contribution in [0.15, 0.2) is 24.3 Å². The molecule has 1 amide bonds. The quantitative estimate of drug-likeness (QED) is 0.564. The van der Waals surface area contributed by atoms with Crippen LogP contribution in [-0.2, 0) is 11.2 Å². The Morgan fingerprint density at radius 3 is 2.52 bits per heavy atom. The van der Waals surface area contributed by atoms with Gasteiger partial charge in [-0.15, -0.1) is 12.4 Å². The largest absolute Gasteiger partial charge is 0.341 e. The van der Waals surface area contributed by atoms with Crippen molar-refractivity contribution < 1.29 is 9.59 Å². The van der Waals surface area contributed by atoms with Crippen LogP contribution in [0.5, 0.6) is 0 Å². The Hall–Kier alpha value is -1.39. The van der Waals surface area contributed by atoms with Gasteiger partial charge in [-0.3, -0.25) is 9.59 Å². The van der Waals surface area contributed by atoms with E-state index in [9.17, 15) is 9.59 Å². The number of hydrogen-bond donors (Lipinski definition) is 1. The van der Waals surface area contributed by atoms with E-state index in [1.54, 1.807) is 0 Å². The smallest absolute Gasteiger partial charge is 0.223 e. The fourth-order valence-corrected chi connectivity index (χ4v) is 3.05. The molecule has 0 spiro atoms. The molecule has 0 radical (unpaired) electrons. The Morgan fingerprint density at radius 1 is 1.04 bits per heavy atom. The van der Waals surface area contributed by atoms with Crippen molar-refractivity contribution in [2.75, 3.05) is 26.2 Å². The van der Waals surface area contributed by atoms with Gasteiger partial charge in [0.1, 0.15) is 0 Å². The molecule has 0 saturated carbocycles. The van der Waals surface area contributed by atoms with Crippen molar-refractivity contribution in [1.82, 2.24) is 10.2 Å². The van der Waals surface area contributed by atoms with Crippen LogP contribution in [0.4, 0.5) is 0 Å². The number of amides is 1. The lowest BCUT2D eigenvalue weighted by Crippen LogP contribution is -2.34. The molecule has 0 aliphatic carbocycles. The number of halogens is 1. The van der Waals surface area contributed by atoms with E-state index in [1.165, 1.54) is 24.8 Å². The third kappa shape index (κ3) is 7.57. The average molecular weight is 367 g/mol. The van der Waals surface area contributed by atoms with Crippen LogP contribution in [0.2, 0.25) is 0 Å². The first-order chi connectivity index (χ1) is 11.7. The molecule has 1 saturated heterocycles. The molecule has 140 valence electrons. The molecule has 0 bridgehead atoms. The third-order valence-electron chi connectivity index (χ3n) is 4.60. The standard InChI is InChI=1S/C20H30N2O2.ClH/c1-2-3-4-6-17-7-9-18(10-8-17)19(23)11-12-20(24)22-15-5-13-21-14-16-22;/h7-10,21H,2-6,11-16H2,1H3;1H. The summed E-state index contributed by atoms with van der Waals surface area (Å²) in [5, 5.41) is 3.29. The minimum atomic E-state index is 0. The Balaban J connectivity index is 0.00000312. The molecule has 25 heavy (non-hydrogen) atoms. The number of carbonyl (C=O) groups excluding carboxylic acids is 2. The highest BCUT2D eigenvalue weighted by atomic mass is 35.5. The molecule has 1 aromatic rings. The second-order valence-corrected chi connectivity index (χ2v) is 6.56. The van der Waals surface area contributed by atoms with Crippen LogP contribution in [0.1, 0.15) is 61.4 Å². The van der Waals surface area contributed by atoms with Gasteiger partial charge >= 0.3 is 0 Å². The van der Waals surface area contributed by atoms with Crippen molar-refractivity contribution in [1.29, 1.82) is 0 Å². The summed E-state index contributed by atoms with van der Waals surface area (Å²) in [4.78, 5) is 26.4. The van der Waals surface area contributed by atoms with Crippen molar-refractivity contribution in [2.45, 2.75) is 51.9 Å². The van der Waals surface area contributed by atoms with E-state index in [0.717, 1.165) is 44.6 Å². The molecule has 1 aliphatic heterocycles. The van der Waals surface area contributed by atoms with E-state index >= 15 is 0 Å². The fraction of sp³-hybridized carbons (Fsp3) is 0.600. The van der Waals surface area contributed by atoms with Gasteiger partial charge < -0.3 is 10.2 Å². The minimum absolute atomic E-state index is 0. The maximum Gasteiger partial charge on any atom is 0.223 e. The summed E-state index contributed by atoms with van der Waals surface area (Å²) >= 11 is 0. The highest BCUT2D eigenvalue weighted by molar-refractivity contribution is 5.98. The number of unbranched alkanes of at least 4 members (excludes halogenated alkanes) is 2. The minimum Gasteiger partial charge on any atom is -0.341 e. The first-order valence-corrected chi connectivity index (χ1v) is 9.31. The summed E-state index contributed by atoms with van der Waals surface area (Å²) in [6.07, 6.45) is 6.34. The summed E-state index contributed by atoms with van der Waals surface area (Å²) in [7, 11) is 0. The van der Waals surface area contributed by atoms with E-state index in [4.69, 9.17) is 0 Å². The Kier molecular flexibility index (Phi) is 10.4. The van der Waals surface area contributed by atoms with E-state index in [1.807, 2.05) is 29.2 Å². The van der Waals surface area contributed by atoms with Crippen LogP contribution >= 0.6 is 12.4 Å². The molecular formula is C20H31ClN2O2. The Labute approximate surface area is 157 Å². The number of Topliss-reactive ketones (excluding diaryl/α,β-unsaturated/α-hetero) is 1. The van der Waals surface area contributed by atoms with Crippen LogP contribution in [-0.4, -0.2) is 42.8 Å². The zero-order valence-electron chi connectivity index (χ0n) is 15.3. The molecule has 0 unspecified atom stereocenters. The topological polar surface area (TPSA) is 49.4 Å². The lowest BCUT2D eigenvalue weighted by atomic mass is 10.0. The number of carbonyl (C=O) groups is 2. The van der Waals surface area contributed by atoms with Gasteiger partial charge in [-0.05, 0) is 31.4 Å². The summed E-state index contributed by atoms with van der Waals surface area (Å²) in [5.74, 6) is 0.166. The number of benzene rings is 1. The van der Waals surface area contributed by atoms with E-state index in [-0.39, 0.29) is 24.1 Å². The van der Waals surface area contributed by atoms with Gasteiger partial charge in [0.25, 0.3) is 0 Å². The van der Waals surface area contributed by atoms with Crippen LogP contribution < -0.4 is 5.32 Å². The van der Waals surface area contributed by atoms with E-state index < -0.39 is 0 Å². The zero-order valence-corrected chi connectivity index (χ0v) is 16.1. The summed E-state index contributed by atoms with van der Waals surface area (Å²) < 4.78 is 0. The Bertz CT molecular complexity index is 523. The molecule has 1 fully saturated rings. The van der Waals surface area contributed by atoms with Gasteiger partial charge in [-0.2, -0.15) is 0 Å².